The number of Topliss-reactive ketones (excluding diaryl/α,β-unsaturated/α-hetero) is 1. The molecule has 1 aromatic carbocycles. The normalized spacial score (nSPS) is 30.1. The van der Waals surface area contributed by atoms with Crippen LogP contribution in [0, 0.1) is 23.2 Å². The van der Waals surface area contributed by atoms with Gasteiger partial charge in [-0.1, -0.05) is 23.7 Å². The van der Waals surface area contributed by atoms with Gasteiger partial charge in [-0.05, 0) is 73.8 Å². The second-order valence-corrected chi connectivity index (χ2v) is 9.34. The molecule has 6 heteroatoms. The van der Waals surface area contributed by atoms with Gasteiger partial charge in [0.15, 0.2) is 6.61 Å². The zero-order valence-corrected chi connectivity index (χ0v) is 16.7. The van der Waals surface area contributed by atoms with E-state index in [9.17, 15) is 14.4 Å². The van der Waals surface area contributed by atoms with E-state index >= 15 is 0 Å². The van der Waals surface area contributed by atoms with Gasteiger partial charge in [0.2, 0.25) is 11.7 Å². The number of benzene rings is 1. The minimum absolute atomic E-state index is 0.0867. The summed E-state index contributed by atoms with van der Waals surface area (Å²) in [5.74, 6) is 1.31. The summed E-state index contributed by atoms with van der Waals surface area (Å²) in [6, 6.07) is 6.63. The molecule has 28 heavy (non-hydrogen) atoms. The highest BCUT2D eigenvalue weighted by Crippen LogP contribution is 2.61. The van der Waals surface area contributed by atoms with Crippen LogP contribution in [0.5, 0.6) is 0 Å². The predicted octanol–water partition coefficient (Wildman–Crippen LogP) is 3.79. The van der Waals surface area contributed by atoms with Gasteiger partial charge in [-0.25, -0.2) is 0 Å². The zero-order valence-electron chi connectivity index (χ0n) is 15.9. The summed E-state index contributed by atoms with van der Waals surface area (Å²) in [7, 11) is 0. The summed E-state index contributed by atoms with van der Waals surface area (Å²) in [5.41, 5.74) is 0.464. The molecule has 4 saturated carbocycles. The number of esters is 1. The van der Waals surface area contributed by atoms with Gasteiger partial charge in [0.25, 0.3) is 0 Å². The van der Waals surface area contributed by atoms with Crippen molar-refractivity contribution in [2.24, 2.45) is 23.2 Å². The van der Waals surface area contributed by atoms with E-state index < -0.39 is 5.97 Å². The SMILES string of the molecule is O=C(CC12CC3CC(CC(C3)C1)C2)NCC(=O)OCC(=O)c1ccccc1Cl. The molecule has 0 heterocycles. The molecule has 0 aromatic heterocycles. The van der Waals surface area contributed by atoms with Crippen molar-refractivity contribution in [3.63, 3.8) is 0 Å². The predicted molar refractivity (Wildman–Crippen MR) is 105 cm³/mol. The third-order valence-corrected chi connectivity index (χ3v) is 7.00. The van der Waals surface area contributed by atoms with Crippen molar-refractivity contribution in [3.8, 4) is 0 Å². The van der Waals surface area contributed by atoms with Crippen molar-refractivity contribution in [1.29, 1.82) is 0 Å². The van der Waals surface area contributed by atoms with Crippen LogP contribution in [0.1, 0.15) is 55.3 Å². The van der Waals surface area contributed by atoms with E-state index in [1.54, 1.807) is 24.3 Å². The van der Waals surface area contributed by atoms with Gasteiger partial charge in [-0.3, -0.25) is 14.4 Å². The van der Waals surface area contributed by atoms with Crippen LogP contribution >= 0.6 is 11.6 Å². The number of carbonyl (C=O) groups is 3. The topological polar surface area (TPSA) is 72.5 Å². The fraction of sp³-hybridized carbons (Fsp3) is 0.591. The highest BCUT2D eigenvalue weighted by atomic mass is 35.5. The second kappa shape index (κ2) is 7.86. The monoisotopic (exact) mass is 403 g/mol. The number of ketones is 1. The van der Waals surface area contributed by atoms with Crippen LogP contribution in [0.25, 0.3) is 0 Å². The molecule has 5 rings (SSSR count). The van der Waals surface area contributed by atoms with Crippen LogP contribution in [0.15, 0.2) is 24.3 Å². The zero-order chi connectivity index (χ0) is 19.7. The molecule has 150 valence electrons. The standard InChI is InChI=1S/C22H26ClNO4/c23-18-4-2-1-3-17(18)19(25)13-28-21(27)12-24-20(26)11-22-8-14-5-15(9-22)7-16(6-14)10-22/h1-4,14-16H,5-13H2,(H,24,26). The lowest BCUT2D eigenvalue weighted by Crippen LogP contribution is -2.48. The molecule has 4 bridgehead atoms. The molecule has 0 radical (unpaired) electrons. The number of rotatable bonds is 7. The molecule has 4 fully saturated rings. The molecule has 4 aliphatic rings. The second-order valence-electron chi connectivity index (χ2n) is 8.93. The highest BCUT2D eigenvalue weighted by molar-refractivity contribution is 6.34. The number of halogens is 1. The molecule has 1 N–H and O–H groups in total. The van der Waals surface area contributed by atoms with Crippen LogP contribution in [-0.4, -0.2) is 30.8 Å². The van der Waals surface area contributed by atoms with Gasteiger partial charge in [0.05, 0.1) is 5.02 Å². The number of nitrogens with one attached hydrogen (secondary N) is 1. The van der Waals surface area contributed by atoms with E-state index in [1.807, 2.05) is 0 Å². The molecule has 0 saturated heterocycles. The van der Waals surface area contributed by atoms with Gasteiger partial charge >= 0.3 is 5.97 Å². The van der Waals surface area contributed by atoms with E-state index in [0.717, 1.165) is 37.0 Å². The summed E-state index contributed by atoms with van der Waals surface area (Å²) in [4.78, 5) is 36.4. The van der Waals surface area contributed by atoms with Crippen LogP contribution in [0.2, 0.25) is 5.02 Å². The van der Waals surface area contributed by atoms with Crippen LogP contribution in [0.4, 0.5) is 0 Å². The van der Waals surface area contributed by atoms with Crippen LogP contribution in [-0.2, 0) is 14.3 Å². The first-order valence-electron chi connectivity index (χ1n) is 10.1. The average Bonchev–Trinajstić information content (AvgIpc) is 2.63. The molecule has 5 nitrogen and oxygen atoms in total. The van der Waals surface area contributed by atoms with Gasteiger partial charge in [0.1, 0.15) is 6.54 Å². The van der Waals surface area contributed by atoms with Gasteiger partial charge in [0, 0.05) is 12.0 Å². The van der Waals surface area contributed by atoms with Crippen molar-refractivity contribution < 1.29 is 19.1 Å². The van der Waals surface area contributed by atoms with Crippen molar-refractivity contribution >= 4 is 29.3 Å². The summed E-state index contributed by atoms with van der Waals surface area (Å²) < 4.78 is 5.00. The van der Waals surface area contributed by atoms with E-state index in [1.165, 1.54) is 19.3 Å². The van der Waals surface area contributed by atoms with Crippen LogP contribution < -0.4 is 5.32 Å². The highest BCUT2D eigenvalue weighted by Gasteiger charge is 2.51. The number of hydrogen-bond acceptors (Lipinski definition) is 4. The Morgan fingerprint density at radius 1 is 1.04 bits per heavy atom. The number of carbonyl (C=O) groups excluding carboxylic acids is 3. The third-order valence-electron chi connectivity index (χ3n) is 6.67. The fourth-order valence-electron chi connectivity index (χ4n) is 6.04. The van der Waals surface area contributed by atoms with Crippen molar-refractivity contribution in [2.45, 2.75) is 44.9 Å². The Bertz CT molecular complexity index is 755. The molecular weight excluding hydrogens is 378 g/mol. The van der Waals surface area contributed by atoms with Gasteiger partial charge in [-0.15, -0.1) is 0 Å². The first-order chi connectivity index (χ1) is 13.4. The smallest absolute Gasteiger partial charge is 0.325 e. The molecular formula is C22H26ClNO4. The number of ether oxygens (including phenoxy) is 1. The minimum Gasteiger partial charge on any atom is -0.456 e. The lowest BCUT2D eigenvalue weighted by Gasteiger charge is -2.56. The Morgan fingerprint density at radius 2 is 1.64 bits per heavy atom. The Balaban J connectivity index is 1.21. The van der Waals surface area contributed by atoms with E-state index in [4.69, 9.17) is 16.3 Å². The first-order valence-corrected chi connectivity index (χ1v) is 10.5. The maximum Gasteiger partial charge on any atom is 0.325 e. The molecule has 1 amide bonds. The van der Waals surface area contributed by atoms with Gasteiger partial charge < -0.3 is 10.1 Å². The fourth-order valence-corrected chi connectivity index (χ4v) is 6.28. The average molecular weight is 404 g/mol. The first kappa shape index (κ1) is 19.4. The lowest BCUT2D eigenvalue weighted by atomic mass is 9.49. The molecule has 0 spiro atoms. The van der Waals surface area contributed by atoms with E-state index in [-0.39, 0.29) is 30.3 Å². The lowest BCUT2D eigenvalue weighted by molar-refractivity contribution is -0.143. The van der Waals surface area contributed by atoms with Crippen molar-refractivity contribution in [1.82, 2.24) is 5.32 Å². The molecule has 1 aromatic rings. The van der Waals surface area contributed by atoms with Gasteiger partial charge in [-0.2, -0.15) is 0 Å². The molecule has 0 unspecified atom stereocenters. The Morgan fingerprint density at radius 3 is 2.25 bits per heavy atom. The Kier molecular flexibility index (Phi) is 5.46. The van der Waals surface area contributed by atoms with E-state index in [2.05, 4.69) is 5.32 Å². The van der Waals surface area contributed by atoms with Crippen LogP contribution in [0.3, 0.4) is 0 Å². The molecule has 4 aliphatic carbocycles. The number of hydrogen-bond donors (Lipinski definition) is 1. The molecule has 0 atom stereocenters. The van der Waals surface area contributed by atoms with Crippen molar-refractivity contribution in [2.75, 3.05) is 13.2 Å². The summed E-state index contributed by atoms with van der Waals surface area (Å²) in [6.45, 7) is -0.589. The maximum atomic E-state index is 12.4. The third kappa shape index (κ3) is 4.24. The quantitative estimate of drug-likeness (QED) is 0.555. The maximum absolute atomic E-state index is 12.4. The van der Waals surface area contributed by atoms with E-state index in [0.29, 0.717) is 17.0 Å². The summed E-state index contributed by atoms with van der Waals surface area (Å²) in [6.07, 6.45) is 7.99. The minimum atomic E-state index is -0.612. The largest absolute Gasteiger partial charge is 0.456 e. The Hall–Kier alpha value is -1.88. The van der Waals surface area contributed by atoms with Crippen molar-refractivity contribution in [3.05, 3.63) is 34.9 Å². The molecule has 0 aliphatic heterocycles. The Labute approximate surface area is 170 Å². The summed E-state index contributed by atoms with van der Waals surface area (Å²) in [5, 5.41) is 3.01. The number of amides is 1. The summed E-state index contributed by atoms with van der Waals surface area (Å²) >= 11 is 5.97.